The second-order valence-electron chi connectivity index (χ2n) is 4.10. The van der Waals surface area contributed by atoms with E-state index in [2.05, 4.69) is 0 Å². The first-order valence-corrected chi connectivity index (χ1v) is 4.51. The van der Waals surface area contributed by atoms with Crippen molar-refractivity contribution in [3.63, 3.8) is 0 Å². The van der Waals surface area contributed by atoms with Crippen LogP contribution in [0.1, 0.15) is 40.0 Å². The minimum atomic E-state index is -0.527. The molecule has 4 heteroatoms. The Bertz CT molecular complexity index is 183. The van der Waals surface area contributed by atoms with Crippen LogP contribution in [0, 0.1) is 0 Å². The zero-order valence-corrected chi connectivity index (χ0v) is 8.33. The van der Waals surface area contributed by atoms with Crippen LogP contribution in [-0.2, 0) is 19.3 Å². The SMILES string of the molecule is CC(C)(C)OOC1CCCC(=O)O1. The maximum absolute atomic E-state index is 10.8. The standard InChI is InChI=1S/C9H16O4/c1-9(2,3)13-12-8-6-4-5-7(10)11-8/h8H,4-6H2,1-3H3. The van der Waals surface area contributed by atoms with Gasteiger partial charge in [0, 0.05) is 12.8 Å². The molecular weight excluding hydrogens is 172 g/mol. The van der Waals surface area contributed by atoms with Crippen LogP contribution < -0.4 is 0 Å². The fourth-order valence-corrected chi connectivity index (χ4v) is 0.943. The molecule has 0 aliphatic carbocycles. The highest BCUT2D eigenvalue weighted by Gasteiger charge is 2.23. The van der Waals surface area contributed by atoms with Crippen LogP contribution in [0.15, 0.2) is 0 Å². The number of carbonyl (C=O) groups is 1. The molecule has 13 heavy (non-hydrogen) atoms. The van der Waals surface area contributed by atoms with Gasteiger partial charge in [-0.15, -0.1) is 0 Å². The van der Waals surface area contributed by atoms with E-state index in [9.17, 15) is 4.79 Å². The first-order chi connectivity index (χ1) is 5.97. The van der Waals surface area contributed by atoms with Crippen LogP contribution in [-0.4, -0.2) is 17.9 Å². The zero-order chi connectivity index (χ0) is 9.90. The van der Waals surface area contributed by atoms with Crippen molar-refractivity contribution in [2.24, 2.45) is 0 Å². The molecule has 1 aliphatic heterocycles. The third-order valence-electron chi connectivity index (χ3n) is 1.49. The van der Waals surface area contributed by atoms with E-state index in [-0.39, 0.29) is 11.6 Å². The maximum Gasteiger partial charge on any atom is 0.308 e. The van der Waals surface area contributed by atoms with Crippen molar-refractivity contribution in [3.8, 4) is 0 Å². The summed E-state index contributed by atoms with van der Waals surface area (Å²) in [4.78, 5) is 20.9. The van der Waals surface area contributed by atoms with Crippen LogP contribution in [0.2, 0.25) is 0 Å². The van der Waals surface area contributed by atoms with E-state index in [1.165, 1.54) is 0 Å². The van der Waals surface area contributed by atoms with E-state index >= 15 is 0 Å². The molecule has 0 aromatic carbocycles. The van der Waals surface area contributed by atoms with Crippen molar-refractivity contribution in [1.29, 1.82) is 0 Å². The molecule has 0 aromatic rings. The number of rotatable bonds is 2. The molecule has 1 heterocycles. The Morgan fingerprint density at radius 2 is 2.15 bits per heavy atom. The molecule has 1 saturated heterocycles. The Hall–Kier alpha value is -0.610. The number of carbonyl (C=O) groups excluding carboxylic acids is 1. The Morgan fingerprint density at radius 3 is 2.69 bits per heavy atom. The average molecular weight is 188 g/mol. The van der Waals surface area contributed by atoms with Crippen molar-refractivity contribution in [2.75, 3.05) is 0 Å². The van der Waals surface area contributed by atoms with Crippen molar-refractivity contribution >= 4 is 5.97 Å². The van der Waals surface area contributed by atoms with Gasteiger partial charge in [-0.05, 0) is 27.2 Å². The molecule has 1 fully saturated rings. The Balaban J connectivity index is 2.25. The number of esters is 1. The molecule has 0 N–H and O–H groups in total. The topological polar surface area (TPSA) is 44.8 Å². The van der Waals surface area contributed by atoms with E-state index in [0.717, 1.165) is 6.42 Å². The van der Waals surface area contributed by atoms with Gasteiger partial charge in [0.25, 0.3) is 0 Å². The molecule has 0 saturated carbocycles. The molecule has 4 nitrogen and oxygen atoms in total. The van der Waals surface area contributed by atoms with Gasteiger partial charge in [0.15, 0.2) is 0 Å². The molecule has 0 radical (unpaired) electrons. The monoisotopic (exact) mass is 188 g/mol. The lowest BCUT2D eigenvalue weighted by Crippen LogP contribution is -2.30. The zero-order valence-electron chi connectivity index (χ0n) is 8.33. The first kappa shape index (κ1) is 10.5. The van der Waals surface area contributed by atoms with Crippen LogP contribution in [0.25, 0.3) is 0 Å². The fraction of sp³-hybridized carbons (Fsp3) is 0.889. The normalized spacial score (nSPS) is 24.2. The number of ether oxygens (including phenoxy) is 1. The first-order valence-electron chi connectivity index (χ1n) is 4.51. The van der Waals surface area contributed by atoms with E-state index in [0.29, 0.717) is 12.8 Å². The summed E-state index contributed by atoms with van der Waals surface area (Å²) in [6.07, 6.45) is 1.47. The Morgan fingerprint density at radius 1 is 1.46 bits per heavy atom. The van der Waals surface area contributed by atoms with E-state index < -0.39 is 6.29 Å². The van der Waals surface area contributed by atoms with Gasteiger partial charge < -0.3 is 4.74 Å². The summed E-state index contributed by atoms with van der Waals surface area (Å²) >= 11 is 0. The van der Waals surface area contributed by atoms with Gasteiger partial charge >= 0.3 is 5.97 Å². The van der Waals surface area contributed by atoms with Gasteiger partial charge in [0.1, 0.15) is 0 Å². The van der Waals surface area contributed by atoms with E-state index in [1.807, 2.05) is 20.8 Å². The van der Waals surface area contributed by atoms with Crippen LogP contribution >= 0.6 is 0 Å². The summed E-state index contributed by atoms with van der Waals surface area (Å²) in [5.41, 5.74) is -0.371. The van der Waals surface area contributed by atoms with E-state index in [4.69, 9.17) is 14.5 Å². The van der Waals surface area contributed by atoms with Gasteiger partial charge in [-0.3, -0.25) is 4.79 Å². The summed E-state index contributed by atoms with van der Waals surface area (Å²) in [6.45, 7) is 5.62. The molecular formula is C9H16O4. The number of hydrogen-bond acceptors (Lipinski definition) is 4. The van der Waals surface area contributed by atoms with Gasteiger partial charge in [-0.25, -0.2) is 4.89 Å². The molecule has 0 amide bonds. The molecule has 1 rings (SSSR count). The highest BCUT2D eigenvalue weighted by atomic mass is 17.2. The van der Waals surface area contributed by atoms with Gasteiger partial charge in [0.2, 0.25) is 6.29 Å². The molecule has 0 aromatic heterocycles. The molecule has 0 bridgehead atoms. The summed E-state index contributed by atoms with van der Waals surface area (Å²) in [7, 11) is 0. The van der Waals surface area contributed by atoms with Crippen molar-refractivity contribution in [1.82, 2.24) is 0 Å². The maximum atomic E-state index is 10.8. The quantitative estimate of drug-likeness (QED) is 0.376. The highest BCUT2D eigenvalue weighted by Crippen LogP contribution is 2.18. The van der Waals surface area contributed by atoms with Gasteiger partial charge in [0.05, 0.1) is 5.60 Å². The van der Waals surface area contributed by atoms with Crippen LogP contribution in [0.5, 0.6) is 0 Å². The smallest absolute Gasteiger partial charge is 0.308 e. The number of hydrogen-bond donors (Lipinski definition) is 0. The number of cyclic esters (lactones) is 1. The lowest BCUT2D eigenvalue weighted by atomic mass is 10.2. The van der Waals surface area contributed by atoms with E-state index in [1.54, 1.807) is 0 Å². The van der Waals surface area contributed by atoms with Crippen molar-refractivity contribution in [3.05, 3.63) is 0 Å². The predicted octanol–water partition coefficient (Wildman–Crippen LogP) is 1.79. The van der Waals surface area contributed by atoms with Crippen molar-refractivity contribution in [2.45, 2.75) is 51.9 Å². The summed E-state index contributed by atoms with van der Waals surface area (Å²) in [6, 6.07) is 0. The molecule has 0 spiro atoms. The van der Waals surface area contributed by atoms with Gasteiger partial charge in [-0.1, -0.05) is 0 Å². The largest absolute Gasteiger partial charge is 0.433 e. The highest BCUT2D eigenvalue weighted by molar-refractivity contribution is 5.69. The molecule has 76 valence electrons. The Labute approximate surface area is 78.1 Å². The summed E-state index contributed by atoms with van der Waals surface area (Å²) in [5, 5.41) is 0. The lowest BCUT2D eigenvalue weighted by Gasteiger charge is -2.25. The lowest BCUT2D eigenvalue weighted by molar-refractivity contribution is -0.412. The predicted molar refractivity (Wildman–Crippen MR) is 45.7 cm³/mol. The van der Waals surface area contributed by atoms with Crippen LogP contribution in [0.3, 0.4) is 0 Å². The molecule has 1 unspecified atom stereocenters. The third kappa shape index (κ3) is 4.24. The minimum Gasteiger partial charge on any atom is -0.433 e. The average Bonchev–Trinajstić information content (AvgIpc) is 2.00. The second-order valence-corrected chi connectivity index (χ2v) is 4.10. The second kappa shape index (κ2) is 4.07. The van der Waals surface area contributed by atoms with Gasteiger partial charge in [-0.2, -0.15) is 4.89 Å². The Kier molecular flexibility index (Phi) is 3.27. The van der Waals surface area contributed by atoms with Crippen LogP contribution in [0.4, 0.5) is 0 Å². The molecule has 1 aliphatic rings. The fourth-order valence-electron chi connectivity index (χ4n) is 0.943. The third-order valence-corrected chi connectivity index (χ3v) is 1.49. The van der Waals surface area contributed by atoms with Crippen molar-refractivity contribution < 1.29 is 19.3 Å². The molecule has 1 atom stereocenters. The minimum absolute atomic E-state index is 0.214. The summed E-state index contributed by atoms with van der Waals surface area (Å²) < 4.78 is 4.90. The summed E-state index contributed by atoms with van der Waals surface area (Å²) in [5.74, 6) is -0.214.